The largest absolute Gasteiger partial charge is 0.457 e. The Morgan fingerprint density at radius 1 is 1.21 bits per heavy atom. The zero-order valence-corrected chi connectivity index (χ0v) is 13.7. The van der Waals surface area contributed by atoms with Crippen molar-refractivity contribution < 1.29 is 14.3 Å². The average molecular weight is 343 g/mol. The van der Waals surface area contributed by atoms with E-state index in [0.29, 0.717) is 18.8 Å². The highest BCUT2D eigenvalue weighted by molar-refractivity contribution is 7.80. The highest BCUT2D eigenvalue weighted by Gasteiger charge is 2.32. The van der Waals surface area contributed by atoms with E-state index in [1.807, 2.05) is 54.6 Å². The van der Waals surface area contributed by atoms with Gasteiger partial charge < -0.3 is 20.5 Å². The molecule has 0 spiro atoms. The number of thiocarbonyl (C=S) groups is 1. The van der Waals surface area contributed by atoms with Gasteiger partial charge in [-0.3, -0.25) is 4.90 Å². The molecule has 1 heterocycles. The lowest BCUT2D eigenvalue weighted by Gasteiger charge is -2.14. The van der Waals surface area contributed by atoms with Crippen molar-refractivity contribution in [2.75, 3.05) is 18.0 Å². The summed E-state index contributed by atoms with van der Waals surface area (Å²) in [6.07, 6.45) is -0.680. The average Bonchev–Trinajstić information content (AvgIpc) is 2.96. The van der Waals surface area contributed by atoms with E-state index in [4.69, 9.17) is 27.4 Å². The Kier molecular flexibility index (Phi) is 4.81. The topological polar surface area (TPSA) is 76.8 Å². The molecule has 6 nitrogen and oxygen atoms in total. The minimum atomic E-state index is -0.388. The molecule has 2 aromatic carbocycles. The van der Waals surface area contributed by atoms with Crippen molar-refractivity contribution in [2.24, 2.45) is 5.73 Å². The summed E-state index contributed by atoms with van der Waals surface area (Å²) >= 11 is 4.75. The normalized spacial score (nSPS) is 16.6. The third-order valence-corrected chi connectivity index (χ3v) is 3.65. The SMILES string of the molecule is NC(=S)NCC1CN(c2ccc(Oc3ccccc3)cc2)C(=O)O1. The van der Waals surface area contributed by atoms with Gasteiger partial charge in [-0.15, -0.1) is 0 Å². The number of benzene rings is 2. The summed E-state index contributed by atoms with van der Waals surface area (Å²) in [4.78, 5) is 13.6. The predicted molar refractivity (Wildman–Crippen MR) is 95.4 cm³/mol. The van der Waals surface area contributed by atoms with Gasteiger partial charge in [-0.05, 0) is 48.6 Å². The molecule has 3 N–H and O–H groups in total. The number of hydrogen-bond acceptors (Lipinski definition) is 4. The molecule has 0 aromatic heterocycles. The molecule has 0 aliphatic carbocycles. The number of nitrogens with one attached hydrogen (secondary N) is 1. The Morgan fingerprint density at radius 2 is 1.88 bits per heavy atom. The smallest absolute Gasteiger partial charge is 0.414 e. The van der Waals surface area contributed by atoms with Crippen LogP contribution in [0.4, 0.5) is 10.5 Å². The summed E-state index contributed by atoms with van der Waals surface area (Å²) in [7, 11) is 0. The number of rotatable bonds is 5. The van der Waals surface area contributed by atoms with E-state index in [0.717, 1.165) is 11.4 Å². The molecule has 3 rings (SSSR count). The van der Waals surface area contributed by atoms with Gasteiger partial charge in [0.15, 0.2) is 5.11 Å². The van der Waals surface area contributed by atoms with Crippen molar-refractivity contribution in [1.82, 2.24) is 5.32 Å². The molecule has 24 heavy (non-hydrogen) atoms. The van der Waals surface area contributed by atoms with Gasteiger partial charge in [-0.25, -0.2) is 4.79 Å². The van der Waals surface area contributed by atoms with Crippen molar-refractivity contribution in [2.45, 2.75) is 6.10 Å². The Hall–Kier alpha value is -2.80. The zero-order valence-electron chi connectivity index (χ0n) is 12.8. The summed E-state index contributed by atoms with van der Waals surface area (Å²) < 4.78 is 11.0. The fraction of sp³-hybridized carbons (Fsp3) is 0.176. The van der Waals surface area contributed by atoms with Crippen LogP contribution in [-0.2, 0) is 4.74 Å². The minimum absolute atomic E-state index is 0.187. The number of hydrogen-bond donors (Lipinski definition) is 2. The fourth-order valence-corrected chi connectivity index (χ4v) is 2.46. The van der Waals surface area contributed by atoms with E-state index < -0.39 is 0 Å². The molecule has 1 saturated heterocycles. The van der Waals surface area contributed by atoms with Gasteiger partial charge in [0.25, 0.3) is 0 Å². The van der Waals surface area contributed by atoms with Crippen LogP contribution in [0.3, 0.4) is 0 Å². The number of amides is 1. The highest BCUT2D eigenvalue weighted by atomic mass is 32.1. The standard InChI is InChI=1S/C17H17N3O3S/c18-16(24)19-10-15-11-20(17(21)23-15)12-6-8-14(9-7-12)22-13-4-2-1-3-5-13/h1-9,15H,10-11H2,(H3,18,19,24). The molecule has 1 aliphatic rings. The fourth-order valence-electron chi connectivity index (χ4n) is 2.37. The van der Waals surface area contributed by atoms with Crippen molar-refractivity contribution in [3.63, 3.8) is 0 Å². The van der Waals surface area contributed by atoms with Crippen molar-refractivity contribution >= 4 is 29.1 Å². The first kappa shape index (κ1) is 16.1. The van der Waals surface area contributed by atoms with Gasteiger partial charge in [-0.2, -0.15) is 0 Å². The predicted octanol–water partition coefficient (Wildman–Crippen LogP) is 2.64. The second kappa shape index (κ2) is 7.18. The van der Waals surface area contributed by atoms with Crippen LogP contribution in [0.15, 0.2) is 54.6 Å². The quantitative estimate of drug-likeness (QED) is 0.813. The lowest BCUT2D eigenvalue weighted by molar-refractivity contribution is 0.143. The van der Waals surface area contributed by atoms with Gasteiger partial charge in [0.05, 0.1) is 13.1 Å². The van der Waals surface area contributed by atoms with E-state index in [1.165, 1.54) is 0 Å². The van der Waals surface area contributed by atoms with E-state index in [9.17, 15) is 4.79 Å². The third-order valence-electron chi connectivity index (χ3n) is 3.51. The summed E-state index contributed by atoms with van der Waals surface area (Å²) in [5.41, 5.74) is 6.13. The van der Waals surface area contributed by atoms with Crippen LogP contribution in [0, 0.1) is 0 Å². The molecule has 124 valence electrons. The molecule has 0 bridgehead atoms. The van der Waals surface area contributed by atoms with Gasteiger partial charge in [-0.1, -0.05) is 18.2 Å². The van der Waals surface area contributed by atoms with Crippen molar-refractivity contribution in [1.29, 1.82) is 0 Å². The maximum absolute atomic E-state index is 12.0. The maximum Gasteiger partial charge on any atom is 0.414 e. The minimum Gasteiger partial charge on any atom is -0.457 e. The number of carbonyl (C=O) groups is 1. The molecular weight excluding hydrogens is 326 g/mol. The van der Waals surface area contributed by atoms with Gasteiger partial charge in [0, 0.05) is 5.69 Å². The number of nitrogens with two attached hydrogens (primary N) is 1. The van der Waals surface area contributed by atoms with Crippen LogP contribution >= 0.6 is 12.2 Å². The number of nitrogens with zero attached hydrogens (tertiary/aromatic N) is 1. The van der Waals surface area contributed by atoms with Crippen LogP contribution in [0.5, 0.6) is 11.5 Å². The van der Waals surface area contributed by atoms with E-state index in [1.54, 1.807) is 4.90 Å². The first-order valence-electron chi connectivity index (χ1n) is 7.46. The molecule has 0 radical (unpaired) electrons. The van der Waals surface area contributed by atoms with Crippen LogP contribution in [-0.4, -0.2) is 30.4 Å². The molecule has 1 atom stereocenters. The van der Waals surface area contributed by atoms with Crippen LogP contribution in [0.1, 0.15) is 0 Å². The Balaban J connectivity index is 1.63. The summed E-state index contributed by atoms with van der Waals surface area (Å²) in [5, 5.41) is 2.99. The maximum atomic E-state index is 12.0. The van der Waals surface area contributed by atoms with Gasteiger partial charge in [0.2, 0.25) is 0 Å². The van der Waals surface area contributed by atoms with Crippen molar-refractivity contribution in [3.8, 4) is 11.5 Å². The van der Waals surface area contributed by atoms with Gasteiger partial charge >= 0.3 is 6.09 Å². The second-order valence-corrected chi connectivity index (χ2v) is 5.71. The van der Waals surface area contributed by atoms with Crippen molar-refractivity contribution in [3.05, 3.63) is 54.6 Å². The first-order valence-corrected chi connectivity index (χ1v) is 7.87. The highest BCUT2D eigenvalue weighted by Crippen LogP contribution is 2.26. The van der Waals surface area contributed by atoms with Crippen LogP contribution in [0.2, 0.25) is 0 Å². The molecular formula is C17H17N3O3S. The molecule has 1 unspecified atom stereocenters. The summed E-state index contributed by atoms with van der Waals surface area (Å²) in [6.45, 7) is 0.833. The lowest BCUT2D eigenvalue weighted by Crippen LogP contribution is -2.37. The number of ether oxygens (including phenoxy) is 2. The number of cyclic esters (lactones) is 1. The van der Waals surface area contributed by atoms with Crippen LogP contribution < -0.4 is 20.7 Å². The monoisotopic (exact) mass is 343 g/mol. The lowest BCUT2D eigenvalue weighted by atomic mass is 10.2. The number of anilines is 1. The zero-order chi connectivity index (χ0) is 16.9. The summed E-state index contributed by atoms with van der Waals surface area (Å²) in [5.74, 6) is 1.46. The third kappa shape index (κ3) is 3.94. The number of carbonyl (C=O) groups excluding carboxylic acids is 1. The Bertz CT molecular complexity index is 722. The van der Waals surface area contributed by atoms with Crippen LogP contribution in [0.25, 0.3) is 0 Å². The first-order chi connectivity index (χ1) is 11.6. The van der Waals surface area contributed by atoms with Gasteiger partial charge in [0.1, 0.15) is 17.6 Å². The molecule has 1 fully saturated rings. The molecule has 2 aromatic rings. The van der Waals surface area contributed by atoms with E-state index in [-0.39, 0.29) is 17.3 Å². The summed E-state index contributed by atoms with van der Waals surface area (Å²) in [6, 6.07) is 16.8. The van der Waals surface area contributed by atoms with E-state index in [2.05, 4.69) is 5.32 Å². The Morgan fingerprint density at radius 3 is 2.54 bits per heavy atom. The Labute approximate surface area is 145 Å². The van der Waals surface area contributed by atoms with E-state index >= 15 is 0 Å². The number of para-hydroxylation sites is 1. The molecule has 7 heteroatoms. The molecule has 0 saturated carbocycles. The molecule has 1 aliphatic heterocycles. The molecule has 1 amide bonds. The second-order valence-electron chi connectivity index (χ2n) is 5.27.